The molecule has 0 atom stereocenters. The molecule has 0 aliphatic carbocycles. The number of hydrogen-bond acceptors (Lipinski definition) is 6. The molecular weight excluding hydrogens is 316 g/mol. The minimum atomic E-state index is -0.631. The van der Waals surface area contributed by atoms with Gasteiger partial charge in [-0.2, -0.15) is 0 Å². The number of ether oxygens (including phenoxy) is 2. The highest BCUT2D eigenvalue weighted by Gasteiger charge is 2.18. The van der Waals surface area contributed by atoms with Crippen LogP contribution in [0.1, 0.15) is 20.7 Å². The van der Waals surface area contributed by atoms with Crippen LogP contribution >= 0.6 is 0 Å². The fraction of sp³-hybridized carbons (Fsp3) is 0.125. The molecule has 2 aromatic carbocycles. The Morgan fingerprint density at radius 1 is 1.08 bits per heavy atom. The maximum absolute atomic E-state index is 12.2. The number of benzene rings is 2. The highest BCUT2D eigenvalue weighted by molar-refractivity contribution is 6.05. The zero-order valence-corrected chi connectivity index (χ0v) is 12.9. The highest BCUT2D eigenvalue weighted by atomic mass is 16.6. The third-order valence-electron chi connectivity index (χ3n) is 3.18. The largest absolute Gasteiger partial charge is 0.490 e. The van der Waals surface area contributed by atoms with E-state index in [9.17, 15) is 19.7 Å². The first kappa shape index (κ1) is 16.9. The number of carbonyl (C=O) groups excluding carboxylic acids is 2. The Bertz CT molecular complexity index is 803. The molecule has 24 heavy (non-hydrogen) atoms. The molecule has 0 radical (unpaired) electrons. The van der Waals surface area contributed by atoms with Gasteiger partial charge in [-0.25, -0.2) is 4.79 Å². The van der Waals surface area contributed by atoms with Crippen LogP contribution in [-0.4, -0.2) is 31.0 Å². The van der Waals surface area contributed by atoms with Crippen molar-refractivity contribution in [3.63, 3.8) is 0 Å². The number of nitro groups is 1. The van der Waals surface area contributed by atoms with Gasteiger partial charge in [-0.3, -0.25) is 14.9 Å². The van der Waals surface area contributed by atoms with E-state index in [0.29, 0.717) is 5.69 Å². The molecule has 0 heterocycles. The summed E-state index contributed by atoms with van der Waals surface area (Å²) in [5.74, 6) is -1.03. The Hall–Kier alpha value is -3.42. The molecular formula is C16H14N2O6. The number of rotatable bonds is 5. The third kappa shape index (κ3) is 3.67. The number of nitro benzene ring substituents is 1. The number of carbonyl (C=O) groups is 2. The summed E-state index contributed by atoms with van der Waals surface area (Å²) in [5, 5.41) is 13.6. The molecule has 0 aromatic heterocycles. The molecule has 2 aromatic rings. The van der Waals surface area contributed by atoms with Crippen LogP contribution in [-0.2, 0) is 4.74 Å². The van der Waals surface area contributed by atoms with Gasteiger partial charge in [0.15, 0.2) is 5.75 Å². The quantitative estimate of drug-likeness (QED) is 0.513. The molecule has 0 saturated carbocycles. The molecule has 0 unspecified atom stereocenters. The molecule has 8 nitrogen and oxygen atoms in total. The van der Waals surface area contributed by atoms with E-state index in [1.165, 1.54) is 32.4 Å². The summed E-state index contributed by atoms with van der Waals surface area (Å²) >= 11 is 0. The molecule has 0 aliphatic rings. The lowest BCUT2D eigenvalue weighted by Gasteiger charge is -2.08. The van der Waals surface area contributed by atoms with Gasteiger partial charge in [-0.05, 0) is 30.3 Å². The molecule has 1 amide bonds. The van der Waals surface area contributed by atoms with E-state index >= 15 is 0 Å². The molecule has 0 saturated heterocycles. The predicted molar refractivity (Wildman–Crippen MR) is 85.4 cm³/mol. The van der Waals surface area contributed by atoms with E-state index in [0.717, 1.165) is 6.07 Å². The van der Waals surface area contributed by atoms with Gasteiger partial charge < -0.3 is 14.8 Å². The summed E-state index contributed by atoms with van der Waals surface area (Å²) in [6, 6.07) is 10.0. The summed E-state index contributed by atoms with van der Waals surface area (Å²) in [7, 11) is 2.56. The Kier molecular flexibility index (Phi) is 5.10. The van der Waals surface area contributed by atoms with Crippen molar-refractivity contribution >= 4 is 23.3 Å². The second-order valence-corrected chi connectivity index (χ2v) is 4.67. The van der Waals surface area contributed by atoms with Crippen molar-refractivity contribution in [1.82, 2.24) is 0 Å². The second kappa shape index (κ2) is 7.23. The van der Waals surface area contributed by atoms with Crippen LogP contribution in [0.2, 0.25) is 0 Å². The number of anilines is 1. The van der Waals surface area contributed by atoms with Gasteiger partial charge in [-0.1, -0.05) is 6.07 Å². The molecule has 0 spiro atoms. The summed E-state index contributed by atoms with van der Waals surface area (Å²) in [4.78, 5) is 34.1. The fourth-order valence-corrected chi connectivity index (χ4v) is 2.02. The maximum Gasteiger partial charge on any atom is 0.337 e. The first-order chi connectivity index (χ1) is 11.5. The van der Waals surface area contributed by atoms with Gasteiger partial charge >= 0.3 is 11.7 Å². The lowest BCUT2D eigenvalue weighted by Crippen LogP contribution is -2.13. The van der Waals surface area contributed by atoms with Crippen molar-refractivity contribution in [3.8, 4) is 5.75 Å². The summed E-state index contributed by atoms with van der Waals surface area (Å²) in [6.07, 6.45) is 0. The average Bonchev–Trinajstić information content (AvgIpc) is 2.60. The molecule has 8 heteroatoms. The molecule has 2 rings (SSSR count). The van der Waals surface area contributed by atoms with Crippen molar-refractivity contribution in [2.24, 2.45) is 0 Å². The van der Waals surface area contributed by atoms with E-state index in [-0.39, 0.29) is 22.6 Å². The van der Waals surface area contributed by atoms with Crippen LogP contribution in [0.3, 0.4) is 0 Å². The first-order valence-electron chi connectivity index (χ1n) is 6.78. The average molecular weight is 330 g/mol. The number of nitrogens with one attached hydrogen (secondary N) is 1. The standard InChI is InChI=1S/C16H14N2O6/c1-23-14-7-6-10(9-13(14)18(21)22)15(19)17-12-5-3-4-11(8-12)16(20)24-2/h3-9H,1-2H3,(H,17,19). The van der Waals surface area contributed by atoms with E-state index in [1.54, 1.807) is 18.2 Å². The van der Waals surface area contributed by atoms with Crippen LogP contribution in [0.5, 0.6) is 5.75 Å². The second-order valence-electron chi connectivity index (χ2n) is 4.67. The lowest BCUT2D eigenvalue weighted by molar-refractivity contribution is -0.385. The Morgan fingerprint density at radius 2 is 1.83 bits per heavy atom. The summed E-state index contributed by atoms with van der Waals surface area (Å²) in [5.41, 5.74) is 0.414. The Balaban J connectivity index is 2.26. The van der Waals surface area contributed by atoms with Crippen molar-refractivity contribution in [1.29, 1.82) is 0 Å². The van der Waals surface area contributed by atoms with Crippen molar-refractivity contribution in [2.75, 3.05) is 19.5 Å². The van der Waals surface area contributed by atoms with Gasteiger partial charge in [0.2, 0.25) is 0 Å². The van der Waals surface area contributed by atoms with Crippen LogP contribution in [0.4, 0.5) is 11.4 Å². The van der Waals surface area contributed by atoms with Gasteiger partial charge in [0.05, 0.1) is 24.7 Å². The number of methoxy groups -OCH3 is 2. The number of hydrogen-bond donors (Lipinski definition) is 1. The zero-order chi connectivity index (χ0) is 17.7. The van der Waals surface area contributed by atoms with Gasteiger partial charge in [-0.15, -0.1) is 0 Å². The van der Waals surface area contributed by atoms with E-state index in [2.05, 4.69) is 10.1 Å². The fourth-order valence-electron chi connectivity index (χ4n) is 2.02. The Morgan fingerprint density at radius 3 is 2.46 bits per heavy atom. The smallest absolute Gasteiger partial charge is 0.337 e. The summed E-state index contributed by atoms with van der Waals surface area (Å²) < 4.78 is 9.50. The molecule has 124 valence electrons. The predicted octanol–water partition coefficient (Wildman–Crippen LogP) is 2.64. The van der Waals surface area contributed by atoms with Gasteiger partial charge in [0, 0.05) is 17.3 Å². The number of nitrogens with zero attached hydrogens (tertiary/aromatic N) is 1. The van der Waals surface area contributed by atoms with Crippen LogP contribution < -0.4 is 10.1 Å². The molecule has 0 fully saturated rings. The minimum Gasteiger partial charge on any atom is -0.490 e. The first-order valence-corrected chi connectivity index (χ1v) is 6.78. The SMILES string of the molecule is COC(=O)c1cccc(NC(=O)c2ccc(OC)c([N+](=O)[O-])c2)c1. The topological polar surface area (TPSA) is 108 Å². The van der Waals surface area contributed by atoms with Crippen molar-refractivity contribution < 1.29 is 24.0 Å². The third-order valence-corrected chi connectivity index (χ3v) is 3.18. The van der Waals surface area contributed by atoms with Crippen LogP contribution in [0.25, 0.3) is 0 Å². The van der Waals surface area contributed by atoms with Gasteiger partial charge in [0.1, 0.15) is 0 Å². The maximum atomic E-state index is 12.2. The summed E-state index contributed by atoms with van der Waals surface area (Å²) in [6.45, 7) is 0. The molecule has 0 aliphatic heterocycles. The van der Waals surface area contributed by atoms with E-state index < -0.39 is 16.8 Å². The van der Waals surface area contributed by atoms with Crippen molar-refractivity contribution in [2.45, 2.75) is 0 Å². The highest BCUT2D eigenvalue weighted by Crippen LogP contribution is 2.27. The van der Waals surface area contributed by atoms with Gasteiger partial charge in [0.25, 0.3) is 5.91 Å². The Labute approximate surface area is 137 Å². The van der Waals surface area contributed by atoms with Crippen molar-refractivity contribution in [3.05, 3.63) is 63.7 Å². The van der Waals surface area contributed by atoms with Crippen LogP contribution in [0, 0.1) is 10.1 Å². The lowest BCUT2D eigenvalue weighted by atomic mass is 10.1. The van der Waals surface area contributed by atoms with E-state index in [4.69, 9.17) is 4.74 Å². The minimum absolute atomic E-state index is 0.0595. The molecule has 1 N–H and O–H groups in total. The van der Waals surface area contributed by atoms with Crippen LogP contribution in [0.15, 0.2) is 42.5 Å². The monoisotopic (exact) mass is 330 g/mol. The number of esters is 1. The normalized spacial score (nSPS) is 9.92. The molecule has 0 bridgehead atoms. The zero-order valence-electron chi connectivity index (χ0n) is 12.9. The van der Waals surface area contributed by atoms with E-state index in [1.807, 2.05) is 0 Å². The number of amides is 1.